The highest BCUT2D eigenvalue weighted by Gasteiger charge is 2.27. The number of hydrogen-bond donors (Lipinski definition) is 2. The Morgan fingerprint density at radius 1 is 0.917 bits per heavy atom. The molecule has 0 spiro atoms. The minimum atomic E-state index is 0.250. The molecule has 1 aromatic carbocycles. The van der Waals surface area contributed by atoms with Gasteiger partial charge >= 0.3 is 0 Å². The largest absolute Gasteiger partial charge is 0.372 e. The van der Waals surface area contributed by atoms with E-state index in [4.69, 9.17) is 9.78 Å². The van der Waals surface area contributed by atoms with Crippen LogP contribution in [0, 0.1) is 6.92 Å². The van der Waals surface area contributed by atoms with Crippen LogP contribution in [0.15, 0.2) is 30.5 Å². The first-order chi connectivity index (χ1) is 17.7. The maximum atomic E-state index is 8.58. The Morgan fingerprint density at radius 3 is 2.14 bits per heavy atom. The normalized spacial score (nSPS) is 19.0. The van der Waals surface area contributed by atoms with E-state index in [-0.39, 0.29) is 6.41 Å². The van der Waals surface area contributed by atoms with Crippen LogP contribution < -0.4 is 16.0 Å². The van der Waals surface area contributed by atoms with Crippen molar-refractivity contribution >= 4 is 23.7 Å². The number of aromatic nitrogens is 2. The lowest BCUT2D eigenvalue weighted by molar-refractivity contribution is -0.106. The van der Waals surface area contributed by atoms with Gasteiger partial charge in [0.15, 0.2) is 5.82 Å². The number of primary amides is 1. The fourth-order valence-electron chi connectivity index (χ4n) is 5.68. The number of anilines is 3. The van der Waals surface area contributed by atoms with Crippen LogP contribution in [0.25, 0.3) is 0 Å². The average molecular weight is 495 g/mol. The first kappa shape index (κ1) is 27.9. The van der Waals surface area contributed by atoms with Gasteiger partial charge in [0, 0.05) is 24.8 Å². The molecule has 198 valence electrons. The van der Waals surface area contributed by atoms with E-state index in [1.165, 1.54) is 76.4 Å². The lowest BCUT2D eigenvalue weighted by Gasteiger charge is -2.36. The minimum Gasteiger partial charge on any atom is -0.372 e. The third-order valence-electron chi connectivity index (χ3n) is 7.64. The number of likely N-dealkylation sites (tertiary alicyclic amines) is 1. The second-order valence-electron chi connectivity index (χ2n) is 9.84. The second kappa shape index (κ2) is 14.8. The summed E-state index contributed by atoms with van der Waals surface area (Å²) in [4.78, 5) is 23.2. The first-order valence-corrected chi connectivity index (χ1v) is 14.0. The van der Waals surface area contributed by atoms with Crippen molar-refractivity contribution < 1.29 is 4.79 Å². The van der Waals surface area contributed by atoms with Crippen LogP contribution in [0.1, 0.15) is 88.8 Å². The van der Waals surface area contributed by atoms with Crippen LogP contribution in [0.5, 0.6) is 0 Å². The number of hydrogen-bond acceptors (Lipinski definition) is 6. The number of benzene rings is 1. The molecule has 1 aliphatic carbocycles. The molecular weight excluding hydrogens is 448 g/mol. The number of nitrogens with one attached hydrogen (secondary N) is 1. The van der Waals surface area contributed by atoms with E-state index in [2.05, 4.69) is 50.1 Å². The smallest absolute Gasteiger partial charge is 0.204 e. The molecule has 3 fully saturated rings. The minimum absolute atomic E-state index is 0.250. The maximum absolute atomic E-state index is 8.58. The number of aryl methyl sites for hydroxylation is 1. The van der Waals surface area contributed by atoms with E-state index in [1.807, 2.05) is 27.0 Å². The molecule has 0 unspecified atom stereocenters. The van der Waals surface area contributed by atoms with Gasteiger partial charge in [0.2, 0.25) is 6.41 Å². The number of rotatable bonds is 5. The molecule has 3 heterocycles. The van der Waals surface area contributed by atoms with Gasteiger partial charge in [0.25, 0.3) is 0 Å². The molecule has 2 aromatic rings. The SMILES string of the molecule is CC.Cc1ncc(N2CCCCC2)nc1Nc1ccc(C2CCN(C3CCCC3)CC2)cc1.NC=O. The van der Waals surface area contributed by atoms with Gasteiger partial charge < -0.3 is 20.9 Å². The molecule has 2 aliphatic heterocycles. The molecule has 5 rings (SSSR count). The summed E-state index contributed by atoms with van der Waals surface area (Å²) in [6, 6.07) is 9.93. The van der Waals surface area contributed by atoms with Crippen LogP contribution in [0.4, 0.5) is 17.3 Å². The van der Waals surface area contributed by atoms with E-state index in [1.54, 1.807) is 0 Å². The molecule has 0 radical (unpaired) electrons. The fourth-order valence-corrected chi connectivity index (χ4v) is 5.68. The first-order valence-electron chi connectivity index (χ1n) is 14.0. The average Bonchev–Trinajstić information content (AvgIpc) is 3.48. The molecule has 3 N–H and O–H groups in total. The van der Waals surface area contributed by atoms with Crippen LogP contribution in [-0.2, 0) is 4.79 Å². The summed E-state index contributed by atoms with van der Waals surface area (Å²) in [5.74, 6) is 2.58. The Balaban J connectivity index is 0.000000674. The standard InChI is InChI=1S/C26H37N5.C2H6.CH3NO/c1-20-26(29-25(19-27-20)31-15-5-2-6-16-31)28-23-11-9-21(10-12-23)22-13-17-30(18-14-22)24-7-3-4-8-24;1-2;2-1-3/h9-12,19,22,24H,2-8,13-18H2,1H3,(H,28,29);1-2H3;1H,(H2,2,3). The Morgan fingerprint density at radius 2 is 1.53 bits per heavy atom. The lowest BCUT2D eigenvalue weighted by atomic mass is 9.88. The number of carbonyl (C=O) groups is 1. The summed E-state index contributed by atoms with van der Waals surface area (Å²) in [6.45, 7) is 10.7. The zero-order valence-corrected chi connectivity index (χ0v) is 22.6. The van der Waals surface area contributed by atoms with E-state index in [0.717, 1.165) is 42.1 Å². The summed E-state index contributed by atoms with van der Waals surface area (Å²) < 4.78 is 0. The summed E-state index contributed by atoms with van der Waals surface area (Å²) >= 11 is 0. The lowest BCUT2D eigenvalue weighted by Crippen LogP contribution is -2.39. The number of amides is 1. The molecule has 7 nitrogen and oxygen atoms in total. The zero-order chi connectivity index (χ0) is 25.8. The highest BCUT2D eigenvalue weighted by Crippen LogP contribution is 2.33. The van der Waals surface area contributed by atoms with Gasteiger partial charge in [-0.05, 0) is 88.6 Å². The van der Waals surface area contributed by atoms with E-state index in [0.29, 0.717) is 5.92 Å². The number of nitrogens with zero attached hydrogens (tertiary/aromatic N) is 4. The predicted molar refractivity (Wildman–Crippen MR) is 150 cm³/mol. The van der Waals surface area contributed by atoms with E-state index < -0.39 is 0 Å². The fraction of sp³-hybridized carbons (Fsp3) is 0.621. The highest BCUT2D eigenvalue weighted by atomic mass is 16.1. The Bertz CT molecular complexity index is 898. The molecular formula is C29H46N6O. The molecule has 0 bridgehead atoms. The molecule has 36 heavy (non-hydrogen) atoms. The third-order valence-corrected chi connectivity index (χ3v) is 7.64. The Labute approximate surface area is 217 Å². The van der Waals surface area contributed by atoms with Crippen molar-refractivity contribution in [3.63, 3.8) is 0 Å². The van der Waals surface area contributed by atoms with Gasteiger partial charge in [0.05, 0.1) is 11.9 Å². The van der Waals surface area contributed by atoms with Crippen LogP contribution in [0.3, 0.4) is 0 Å². The molecule has 2 saturated heterocycles. The van der Waals surface area contributed by atoms with E-state index >= 15 is 0 Å². The van der Waals surface area contributed by atoms with Gasteiger partial charge in [0.1, 0.15) is 5.82 Å². The summed E-state index contributed by atoms with van der Waals surface area (Å²) in [5, 5.41) is 3.52. The van der Waals surface area contributed by atoms with Gasteiger partial charge in [-0.3, -0.25) is 9.78 Å². The van der Waals surface area contributed by atoms with Gasteiger partial charge in [-0.2, -0.15) is 0 Å². The molecule has 1 aromatic heterocycles. The van der Waals surface area contributed by atoms with Crippen LogP contribution in [-0.4, -0.2) is 53.5 Å². The van der Waals surface area contributed by atoms with Crippen molar-refractivity contribution in [2.24, 2.45) is 5.73 Å². The zero-order valence-electron chi connectivity index (χ0n) is 22.6. The highest BCUT2D eigenvalue weighted by molar-refractivity contribution is 5.60. The molecule has 1 saturated carbocycles. The van der Waals surface area contributed by atoms with Gasteiger partial charge in [-0.25, -0.2) is 4.98 Å². The van der Waals surface area contributed by atoms with E-state index in [9.17, 15) is 0 Å². The topological polar surface area (TPSA) is 87.4 Å². The number of carbonyl (C=O) groups excluding carboxylic acids is 1. The summed E-state index contributed by atoms with van der Waals surface area (Å²) in [7, 11) is 0. The molecule has 7 heteroatoms. The van der Waals surface area contributed by atoms with Crippen LogP contribution >= 0.6 is 0 Å². The Hall–Kier alpha value is -2.67. The molecule has 0 atom stereocenters. The van der Waals surface area contributed by atoms with Crippen molar-refractivity contribution in [1.82, 2.24) is 14.9 Å². The van der Waals surface area contributed by atoms with Gasteiger partial charge in [-0.15, -0.1) is 0 Å². The summed E-state index contributed by atoms with van der Waals surface area (Å²) in [5.41, 5.74) is 7.70. The van der Waals surface area contributed by atoms with Gasteiger partial charge in [-0.1, -0.05) is 38.8 Å². The van der Waals surface area contributed by atoms with Crippen LogP contribution in [0.2, 0.25) is 0 Å². The maximum Gasteiger partial charge on any atom is 0.204 e. The second-order valence-corrected chi connectivity index (χ2v) is 9.84. The number of nitrogens with two attached hydrogens (primary N) is 1. The molecule has 1 amide bonds. The number of piperidine rings is 2. The van der Waals surface area contributed by atoms with Crippen molar-refractivity contribution in [3.05, 3.63) is 41.7 Å². The van der Waals surface area contributed by atoms with Crippen molar-refractivity contribution in [1.29, 1.82) is 0 Å². The third kappa shape index (κ3) is 7.66. The predicted octanol–water partition coefficient (Wildman–Crippen LogP) is 5.77. The van der Waals surface area contributed by atoms with Crippen molar-refractivity contribution in [3.8, 4) is 0 Å². The monoisotopic (exact) mass is 494 g/mol. The quantitative estimate of drug-likeness (QED) is 0.513. The van der Waals surface area contributed by atoms with Crippen molar-refractivity contribution in [2.45, 2.75) is 90.5 Å². The summed E-state index contributed by atoms with van der Waals surface area (Å²) in [6.07, 6.45) is 14.3. The van der Waals surface area contributed by atoms with Crippen molar-refractivity contribution in [2.75, 3.05) is 36.4 Å². The molecule has 3 aliphatic rings. The Kier molecular flexibility index (Phi) is 11.5.